The summed E-state index contributed by atoms with van der Waals surface area (Å²) in [5.41, 5.74) is -4.29. The van der Waals surface area contributed by atoms with E-state index in [9.17, 15) is 37.8 Å². The van der Waals surface area contributed by atoms with Crippen LogP contribution in [0, 0.1) is 10.1 Å². The van der Waals surface area contributed by atoms with Crippen molar-refractivity contribution in [2.24, 2.45) is 0 Å². The number of nitro groups is 1. The number of non-ortho nitro benzene ring substituents is 1. The third-order valence-corrected chi connectivity index (χ3v) is 11.1. The minimum absolute atomic E-state index is 0.0211. The van der Waals surface area contributed by atoms with E-state index in [2.05, 4.69) is 5.32 Å². The molecule has 1 aromatic heterocycles. The molecule has 268 valence electrons. The van der Waals surface area contributed by atoms with Gasteiger partial charge in [-0.05, 0) is 47.6 Å². The number of hydrogen-bond acceptors (Lipinski definition) is 8. The summed E-state index contributed by atoms with van der Waals surface area (Å²) in [4.78, 5) is 74.1. The molecule has 2 aliphatic heterocycles. The van der Waals surface area contributed by atoms with Crippen molar-refractivity contribution in [1.29, 1.82) is 0 Å². The number of alkyl halides is 2. The minimum Gasteiger partial charge on any atom is -0.370 e. The van der Waals surface area contributed by atoms with Crippen molar-refractivity contribution in [3.63, 3.8) is 0 Å². The number of thiophene rings is 1. The van der Waals surface area contributed by atoms with Gasteiger partial charge in [-0.2, -0.15) is 8.78 Å². The number of ether oxygens (including phenoxy) is 1. The number of amides is 3. The fourth-order valence-electron chi connectivity index (χ4n) is 6.39. The van der Waals surface area contributed by atoms with E-state index in [4.69, 9.17) is 14.5 Å². The molecule has 2 fully saturated rings. The fourth-order valence-corrected chi connectivity index (χ4v) is 7.81. The highest BCUT2D eigenvalue weighted by molar-refractivity contribution is 7.52. The zero-order valence-electron chi connectivity index (χ0n) is 26.9. The first kappa shape index (κ1) is 36.2. The summed E-state index contributed by atoms with van der Waals surface area (Å²) in [5, 5.41) is 14.3. The van der Waals surface area contributed by atoms with Crippen LogP contribution in [-0.4, -0.2) is 80.6 Å². The van der Waals surface area contributed by atoms with Crippen LogP contribution >= 0.6 is 18.9 Å². The van der Waals surface area contributed by atoms with Crippen molar-refractivity contribution < 1.29 is 47.2 Å². The Morgan fingerprint density at radius 2 is 1.82 bits per heavy atom. The molecular weight excluding hydrogens is 709 g/mol. The SMILES string of the molecule is O=C(NC(Cc1cccc([N+](=O)[O-])c1)C(=O)N1CCCC1C(=O)N1CCOC(c2ccccc2)C1)c1cc2cc(C(F)(F)P(=O)(O)O)ccc2s1. The van der Waals surface area contributed by atoms with E-state index in [0.717, 1.165) is 29.0 Å². The number of hydrogen-bond donors (Lipinski definition) is 3. The van der Waals surface area contributed by atoms with Gasteiger partial charge in [0.15, 0.2) is 0 Å². The first-order chi connectivity index (χ1) is 24.2. The quantitative estimate of drug-likeness (QED) is 0.115. The highest BCUT2D eigenvalue weighted by Gasteiger charge is 2.50. The molecule has 4 aromatic rings. The van der Waals surface area contributed by atoms with Crippen LogP contribution in [0.15, 0.2) is 78.9 Å². The lowest BCUT2D eigenvalue weighted by molar-refractivity contribution is -0.384. The summed E-state index contributed by atoms with van der Waals surface area (Å²) in [6.45, 7) is 1.18. The summed E-state index contributed by atoms with van der Waals surface area (Å²) in [6.07, 6.45) is 0.439. The molecule has 6 rings (SSSR count). The van der Waals surface area contributed by atoms with Gasteiger partial charge >= 0.3 is 13.3 Å². The summed E-state index contributed by atoms with van der Waals surface area (Å²) in [7, 11) is -5.83. The number of nitrogens with zero attached hydrogens (tertiary/aromatic N) is 3. The molecule has 3 atom stereocenters. The average Bonchev–Trinajstić information content (AvgIpc) is 3.78. The Labute approximate surface area is 294 Å². The Morgan fingerprint density at radius 3 is 2.55 bits per heavy atom. The molecule has 3 heterocycles. The third kappa shape index (κ3) is 7.70. The standard InChI is InChI=1S/C34H33F2N4O9PS/c35-34(36,50(46,47)48)24-11-12-29-23(18-24)19-30(51-29)31(41)37-26(17-21-6-4-9-25(16-21)40(44)45)32(42)39-13-5-10-27(39)33(43)38-14-15-49-28(20-38)22-7-2-1-3-8-22/h1-4,6-9,11-12,16,18-19,26-28H,5,10,13-15,17,20H2,(H,37,41)(H2,46,47,48). The number of carbonyl (C=O) groups is 3. The number of likely N-dealkylation sites (tertiary alicyclic amines) is 1. The van der Waals surface area contributed by atoms with Gasteiger partial charge in [-0.3, -0.25) is 29.1 Å². The third-order valence-electron chi connectivity index (χ3n) is 8.99. The Bertz CT molecular complexity index is 2020. The van der Waals surface area contributed by atoms with E-state index < -0.39 is 47.6 Å². The van der Waals surface area contributed by atoms with Crippen molar-refractivity contribution in [2.75, 3.05) is 26.2 Å². The smallest absolute Gasteiger partial charge is 0.370 e. The van der Waals surface area contributed by atoms with Gasteiger partial charge < -0.3 is 29.6 Å². The number of rotatable bonds is 10. The largest absolute Gasteiger partial charge is 0.399 e. The maximum Gasteiger partial charge on any atom is 0.399 e. The predicted octanol–water partition coefficient (Wildman–Crippen LogP) is 4.97. The molecule has 0 bridgehead atoms. The molecule has 0 spiro atoms. The number of benzene rings is 3. The monoisotopic (exact) mass is 742 g/mol. The Kier molecular flexibility index (Phi) is 10.3. The van der Waals surface area contributed by atoms with E-state index in [1.165, 1.54) is 35.2 Å². The molecule has 3 aromatic carbocycles. The van der Waals surface area contributed by atoms with Crippen LogP contribution in [0.1, 0.15) is 45.3 Å². The maximum absolute atomic E-state index is 14.4. The van der Waals surface area contributed by atoms with Crippen LogP contribution < -0.4 is 5.32 Å². The minimum atomic E-state index is -5.83. The molecule has 2 saturated heterocycles. The number of nitro benzene ring substituents is 1. The van der Waals surface area contributed by atoms with Gasteiger partial charge in [0.25, 0.3) is 11.6 Å². The van der Waals surface area contributed by atoms with Crippen LogP contribution in [0.5, 0.6) is 0 Å². The molecule has 3 amide bonds. The van der Waals surface area contributed by atoms with Gasteiger partial charge in [-0.25, -0.2) is 0 Å². The van der Waals surface area contributed by atoms with Crippen molar-refractivity contribution >= 4 is 52.4 Å². The lowest BCUT2D eigenvalue weighted by Gasteiger charge is -2.37. The Balaban J connectivity index is 1.25. The highest BCUT2D eigenvalue weighted by Crippen LogP contribution is 2.59. The van der Waals surface area contributed by atoms with Crippen molar-refractivity contribution in [3.8, 4) is 0 Å². The topological polar surface area (TPSA) is 180 Å². The molecule has 2 aliphatic rings. The summed E-state index contributed by atoms with van der Waals surface area (Å²) in [5.74, 6) is -1.56. The maximum atomic E-state index is 14.4. The van der Waals surface area contributed by atoms with E-state index in [1.54, 1.807) is 11.0 Å². The van der Waals surface area contributed by atoms with Gasteiger partial charge in [0.1, 0.15) is 18.2 Å². The lowest BCUT2D eigenvalue weighted by Crippen LogP contribution is -2.56. The van der Waals surface area contributed by atoms with Gasteiger partial charge in [0, 0.05) is 41.9 Å². The van der Waals surface area contributed by atoms with E-state index in [0.29, 0.717) is 42.8 Å². The van der Waals surface area contributed by atoms with Crippen molar-refractivity contribution in [3.05, 3.63) is 111 Å². The molecule has 3 N–H and O–H groups in total. The summed E-state index contributed by atoms with van der Waals surface area (Å²) < 4.78 is 46.5. The molecule has 17 heteroatoms. The van der Waals surface area contributed by atoms with E-state index >= 15 is 0 Å². The zero-order chi connectivity index (χ0) is 36.5. The van der Waals surface area contributed by atoms with Gasteiger partial charge in [0.05, 0.1) is 23.0 Å². The molecular formula is C34H33F2N4O9PS. The second-order valence-corrected chi connectivity index (χ2v) is 15.1. The fraction of sp³-hybridized carbons (Fsp3) is 0.324. The molecule has 0 aliphatic carbocycles. The number of nitrogens with one attached hydrogen (secondary N) is 1. The van der Waals surface area contributed by atoms with Gasteiger partial charge in [-0.1, -0.05) is 48.5 Å². The molecule has 3 unspecified atom stereocenters. The molecule has 0 saturated carbocycles. The summed E-state index contributed by atoms with van der Waals surface area (Å²) >= 11 is 0.916. The molecule has 0 radical (unpaired) electrons. The first-order valence-electron chi connectivity index (χ1n) is 16.0. The summed E-state index contributed by atoms with van der Waals surface area (Å²) in [6, 6.07) is 17.3. The van der Waals surface area contributed by atoms with E-state index in [-0.39, 0.29) is 40.9 Å². The Hall–Kier alpha value is -4.60. The lowest BCUT2D eigenvalue weighted by atomic mass is 10.0. The van der Waals surface area contributed by atoms with Gasteiger partial charge in [-0.15, -0.1) is 11.3 Å². The van der Waals surface area contributed by atoms with Crippen LogP contribution in [0.4, 0.5) is 14.5 Å². The van der Waals surface area contributed by atoms with Crippen LogP contribution in [0.25, 0.3) is 10.1 Å². The average molecular weight is 743 g/mol. The van der Waals surface area contributed by atoms with E-state index in [1.807, 2.05) is 30.3 Å². The second kappa shape index (κ2) is 14.6. The first-order valence-corrected chi connectivity index (χ1v) is 18.4. The van der Waals surface area contributed by atoms with Crippen LogP contribution in [0.3, 0.4) is 0 Å². The van der Waals surface area contributed by atoms with Crippen LogP contribution in [0.2, 0.25) is 0 Å². The Morgan fingerprint density at radius 1 is 1.06 bits per heavy atom. The van der Waals surface area contributed by atoms with Gasteiger partial charge in [0.2, 0.25) is 11.8 Å². The second-order valence-electron chi connectivity index (χ2n) is 12.3. The van der Waals surface area contributed by atoms with Crippen molar-refractivity contribution in [1.82, 2.24) is 15.1 Å². The highest BCUT2D eigenvalue weighted by atomic mass is 32.1. The molecule has 51 heavy (non-hydrogen) atoms. The number of carbonyl (C=O) groups excluding carboxylic acids is 3. The predicted molar refractivity (Wildman–Crippen MR) is 182 cm³/mol. The zero-order valence-corrected chi connectivity index (χ0v) is 28.6. The normalized spacial score (nSPS) is 18.8. The molecule has 13 nitrogen and oxygen atoms in total. The number of halogens is 2. The number of fused-ring (bicyclic) bond motifs is 1. The van der Waals surface area contributed by atoms with Crippen molar-refractivity contribution in [2.45, 2.75) is 43.1 Å². The number of morpholine rings is 1. The van der Waals surface area contributed by atoms with Crippen LogP contribution in [-0.2, 0) is 31.0 Å².